The Hall–Kier alpha value is -1.90. The van der Waals surface area contributed by atoms with Crippen LogP contribution < -0.4 is 0 Å². The molecule has 112 valence electrons. The van der Waals surface area contributed by atoms with Crippen LogP contribution in [-0.2, 0) is 13.5 Å². The zero-order valence-corrected chi connectivity index (χ0v) is 13.6. The van der Waals surface area contributed by atoms with Gasteiger partial charge in [-0.3, -0.25) is 9.48 Å². The van der Waals surface area contributed by atoms with Crippen molar-refractivity contribution in [3.8, 4) is 0 Å². The normalized spacial score (nSPS) is 11.1. The fourth-order valence-electron chi connectivity index (χ4n) is 2.62. The molecule has 0 bridgehead atoms. The van der Waals surface area contributed by atoms with E-state index in [4.69, 9.17) is 0 Å². The maximum absolute atomic E-state index is 12.3. The molecule has 0 aliphatic rings. The van der Waals surface area contributed by atoms with Gasteiger partial charge in [0.15, 0.2) is 5.78 Å². The minimum Gasteiger partial charge on any atom is -0.294 e. The number of hydrogen-bond acceptors (Lipinski definition) is 2. The van der Waals surface area contributed by atoms with E-state index < -0.39 is 0 Å². The van der Waals surface area contributed by atoms with Crippen LogP contribution in [0.2, 0.25) is 0 Å². The average molecular weight is 284 g/mol. The molecule has 1 heterocycles. The number of carbonyl (C=O) groups is 1. The standard InChI is InChI=1S/C18H24N2O/c1-12(2)15-6-8-16(9-7-15)18(21)11-10-17-13(3)19-20(5)14(17)4/h6-9,12H,10-11H2,1-5H3. The second-order valence-corrected chi connectivity index (χ2v) is 5.97. The third kappa shape index (κ3) is 3.41. The summed E-state index contributed by atoms with van der Waals surface area (Å²) in [6, 6.07) is 8.00. The van der Waals surface area contributed by atoms with Crippen molar-refractivity contribution in [3.05, 3.63) is 52.3 Å². The van der Waals surface area contributed by atoms with Crippen molar-refractivity contribution in [1.82, 2.24) is 9.78 Å². The Morgan fingerprint density at radius 2 is 1.81 bits per heavy atom. The Morgan fingerprint density at radius 3 is 2.29 bits per heavy atom. The fraction of sp³-hybridized carbons (Fsp3) is 0.444. The Kier molecular flexibility index (Phi) is 4.61. The van der Waals surface area contributed by atoms with E-state index in [1.807, 2.05) is 30.8 Å². The van der Waals surface area contributed by atoms with Crippen LogP contribution in [0.5, 0.6) is 0 Å². The molecular formula is C18H24N2O. The lowest BCUT2D eigenvalue weighted by Gasteiger charge is -2.07. The predicted molar refractivity (Wildman–Crippen MR) is 85.9 cm³/mol. The molecule has 3 heteroatoms. The Labute approximate surface area is 127 Å². The highest BCUT2D eigenvalue weighted by Crippen LogP contribution is 2.18. The van der Waals surface area contributed by atoms with Crippen molar-refractivity contribution in [2.75, 3.05) is 0 Å². The van der Waals surface area contributed by atoms with Crippen molar-refractivity contribution in [1.29, 1.82) is 0 Å². The van der Waals surface area contributed by atoms with Gasteiger partial charge in [-0.15, -0.1) is 0 Å². The summed E-state index contributed by atoms with van der Waals surface area (Å²) < 4.78 is 1.88. The zero-order chi connectivity index (χ0) is 15.6. The van der Waals surface area contributed by atoms with Gasteiger partial charge in [0.2, 0.25) is 0 Å². The molecule has 0 atom stereocenters. The molecular weight excluding hydrogens is 260 g/mol. The molecule has 0 saturated heterocycles. The van der Waals surface area contributed by atoms with Crippen LogP contribution in [0.4, 0.5) is 0 Å². The number of Topliss-reactive ketones (excluding diaryl/α,β-unsaturated/α-hetero) is 1. The van der Waals surface area contributed by atoms with Gasteiger partial charge in [-0.2, -0.15) is 5.10 Å². The van der Waals surface area contributed by atoms with Gasteiger partial charge in [-0.05, 0) is 37.3 Å². The first kappa shape index (κ1) is 15.5. The minimum absolute atomic E-state index is 0.202. The molecule has 1 aromatic heterocycles. The summed E-state index contributed by atoms with van der Waals surface area (Å²) in [5.41, 5.74) is 5.45. The van der Waals surface area contributed by atoms with Gasteiger partial charge in [0.05, 0.1) is 5.69 Å². The Morgan fingerprint density at radius 1 is 1.19 bits per heavy atom. The van der Waals surface area contributed by atoms with Crippen molar-refractivity contribution >= 4 is 5.78 Å². The summed E-state index contributed by atoms with van der Waals surface area (Å²) >= 11 is 0. The van der Waals surface area contributed by atoms with Crippen LogP contribution in [0.1, 0.15) is 59.1 Å². The Balaban J connectivity index is 2.04. The first-order valence-corrected chi connectivity index (χ1v) is 7.52. The highest BCUT2D eigenvalue weighted by atomic mass is 16.1. The number of carbonyl (C=O) groups excluding carboxylic acids is 1. The van der Waals surface area contributed by atoms with Crippen molar-refractivity contribution in [2.24, 2.45) is 7.05 Å². The number of benzene rings is 1. The van der Waals surface area contributed by atoms with Gasteiger partial charge in [-0.25, -0.2) is 0 Å². The number of nitrogens with zero attached hydrogens (tertiary/aromatic N) is 2. The maximum atomic E-state index is 12.3. The quantitative estimate of drug-likeness (QED) is 0.778. The molecule has 1 aromatic carbocycles. The third-order valence-electron chi connectivity index (χ3n) is 4.16. The van der Waals surface area contributed by atoms with E-state index in [0.29, 0.717) is 12.3 Å². The second kappa shape index (κ2) is 6.25. The van der Waals surface area contributed by atoms with Crippen molar-refractivity contribution < 1.29 is 4.79 Å². The molecule has 0 spiro atoms. The highest BCUT2D eigenvalue weighted by molar-refractivity contribution is 5.96. The summed E-state index contributed by atoms with van der Waals surface area (Å²) in [5.74, 6) is 0.697. The molecule has 0 unspecified atom stereocenters. The number of aromatic nitrogens is 2. The highest BCUT2D eigenvalue weighted by Gasteiger charge is 2.12. The molecule has 0 radical (unpaired) electrons. The topological polar surface area (TPSA) is 34.9 Å². The van der Waals surface area contributed by atoms with Gasteiger partial charge < -0.3 is 0 Å². The summed E-state index contributed by atoms with van der Waals surface area (Å²) in [6.07, 6.45) is 1.30. The van der Waals surface area contributed by atoms with E-state index in [1.54, 1.807) is 0 Å². The lowest BCUT2D eigenvalue weighted by atomic mass is 9.98. The van der Waals surface area contributed by atoms with Gasteiger partial charge in [0, 0.05) is 24.7 Å². The van der Waals surface area contributed by atoms with E-state index in [-0.39, 0.29) is 5.78 Å². The first-order valence-electron chi connectivity index (χ1n) is 7.52. The Bertz CT molecular complexity index is 636. The van der Waals surface area contributed by atoms with Crippen molar-refractivity contribution in [2.45, 2.75) is 46.5 Å². The van der Waals surface area contributed by atoms with Crippen LogP contribution in [0.3, 0.4) is 0 Å². The van der Waals surface area contributed by atoms with E-state index in [9.17, 15) is 4.79 Å². The molecule has 3 nitrogen and oxygen atoms in total. The molecule has 0 amide bonds. The largest absolute Gasteiger partial charge is 0.294 e. The number of hydrogen-bond donors (Lipinski definition) is 0. The van der Waals surface area contributed by atoms with E-state index >= 15 is 0 Å². The molecule has 0 fully saturated rings. The molecule has 0 aliphatic carbocycles. The molecule has 0 saturated carbocycles. The average Bonchev–Trinajstić information content (AvgIpc) is 2.70. The molecule has 0 N–H and O–H groups in total. The molecule has 21 heavy (non-hydrogen) atoms. The van der Waals surface area contributed by atoms with E-state index in [2.05, 4.69) is 38.0 Å². The first-order chi connectivity index (χ1) is 9.90. The van der Waals surface area contributed by atoms with E-state index in [1.165, 1.54) is 11.1 Å². The molecule has 0 aliphatic heterocycles. The van der Waals surface area contributed by atoms with Crippen LogP contribution in [0, 0.1) is 13.8 Å². The lowest BCUT2D eigenvalue weighted by molar-refractivity contribution is 0.0983. The van der Waals surface area contributed by atoms with Crippen LogP contribution in [0.25, 0.3) is 0 Å². The van der Waals surface area contributed by atoms with Crippen LogP contribution >= 0.6 is 0 Å². The van der Waals surface area contributed by atoms with Crippen LogP contribution in [-0.4, -0.2) is 15.6 Å². The summed E-state index contributed by atoms with van der Waals surface area (Å²) in [7, 11) is 1.94. The summed E-state index contributed by atoms with van der Waals surface area (Å²) in [6.45, 7) is 8.37. The second-order valence-electron chi connectivity index (χ2n) is 5.97. The third-order valence-corrected chi connectivity index (χ3v) is 4.16. The van der Waals surface area contributed by atoms with Gasteiger partial charge in [-0.1, -0.05) is 38.1 Å². The van der Waals surface area contributed by atoms with Crippen molar-refractivity contribution in [3.63, 3.8) is 0 Å². The summed E-state index contributed by atoms with van der Waals surface area (Å²) in [5, 5.41) is 4.40. The van der Waals surface area contributed by atoms with Crippen LogP contribution in [0.15, 0.2) is 24.3 Å². The van der Waals surface area contributed by atoms with Gasteiger partial charge in [0.25, 0.3) is 0 Å². The molecule has 2 rings (SSSR count). The monoisotopic (exact) mass is 284 g/mol. The molecule has 2 aromatic rings. The van der Waals surface area contributed by atoms with E-state index in [0.717, 1.165) is 23.4 Å². The fourth-order valence-corrected chi connectivity index (χ4v) is 2.62. The smallest absolute Gasteiger partial charge is 0.163 e. The maximum Gasteiger partial charge on any atom is 0.163 e. The predicted octanol–water partition coefficient (Wildman–Crippen LogP) is 3.98. The SMILES string of the molecule is Cc1nn(C)c(C)c1CCC(=O)c1ccc(C(C)C)cc1. The summed E-state index contributed by atoms with van der Waals surface area (Å²) in [4.78, 5) is 12.3. The van der Waals surface area contributed by atoms with Gasteiger partial charge >= 0.3 is 0 Å². The number of rotatable bonds is 5. The minimum atomic E-state index is 0.202. The zero-order valence-electron chi connectivity index (χ0n) is 13.6. The number of aryl methyl sites for hydroxylation is 2. The lowest BCUT2D eigenvalue weighted by Crippen LogP contribution is -2.03. The van der Waals surface area contributed by atoms with Gasteiger partial charge in [0.1, 0.15) is 0 Å². The number of ketones is 1.